The van der Waals surface area contributed by atoms with Crippen LogP contribution in [0, 0.1) is 28.6 Å². The second-order valence-corrected chi connectivity index (χ2v) is 10.1. The summed E-state index contributed by atoms with van der Waals surface area (Å²) in [6.07, 6.45) is 10.3. The number of carbonyl (C=O) groups excluding carboxylic acids is 2. The molecule has 5 heteroatoms. The first-order valence-corrected chi connectivity index (χ1v) is 10.8. The van der Waals surface area contributed by atoms with Gasteiger partial charge in [0.15, 0.2) is 0 Å². The fraction of sp³-hybridized carbons (Fsp3) is 0.739. The van der Waals surface area contributed by atoms with Crippen LogP contribution >= 0.6 is 0 Å². The third-order valence-electron chi connectivity index (χ3n) is 9.07. The molecule has 0 bridgehead atoms. The number of rotatable bonds is 2. The number of hydrogen-bond acceptors (Lipinski definition) is 5. The van der Waals surface area contributed by atoms with E-state index >= 15 is 0 Å². The maximum atomic E-state index is 12.4. The lowest BCUT2D eigenvalue weighted by atomic mass is 9.44. The van der Waals surface area contributed by atoms with Crippen LogP contribution in [0.25, 0.3) is 0 Å². The zero-order valence-electron chi connectivity index (χ0n) is 16.5. The first-order valence-electron chi connectivity index (χ1n) is 10.8. The number of hydrogen-bond donors (Lipinski definition) is 2. The van der Waals surface area contributed by atoms with Gasteiger partial charge in [-0.1, -0.05) is 18.6 Å². The topological polar surface area (TPSA) is 83.8 Å². The molecule has 1 heterocycles. The molecular weight excluding hydrogens is 356 g/mol. The van der Waals surface area contributed by atoms with Gasteiger partial charge in [0.05, 0.1) is 17.1 Å². The molecule has 0 aromatic heterocycles. The number of ether oxygens (including phenoxy) is 1. The van der Waals surface area contributed by atoms with E-state index in [-0.39, 0.29) is 17.3 Å². The molecule has 7 atom stereocenters. The summed E-state index contributed by atoms with van der Waals surface area (Å²) in [5.41, 5.74) is 0.739. The number of aliphatic hydroxyl groups is 2. The molecule has 5 aliphatic rings. The van der Waals surface area contributed by atoms with Gasteiger partial charge in [0.1, 0.15) is 12.9 Å². The van der Waals surface area contributed by atoms with Gasteiger partial charge in [-0.15, -0.1) is 0 Å². The molecule has 5 rings (SSSR count). The lowest BCUT2D eigenvalue weighted by Gasteiger charge is -2.61. The van der Waals surface area contributed by atoms with E-state index in [0.717, 1.165) is 37.5 Å². The summed E-state index contributed by atoms with van der Waals surface area (Å²) in [4.78, 5) is 24.0. The number of aldehydes is 1. The Morgan fingerprint density at radius 2 is 2.04 bits per heavy atom. The van der Waals surface area contributed by atoms with E-state index in [9.17, 15) is 19.8 Å². The Balaban J connectivity index is 1.48. The highest BCUT2D eigenvalue weighted by atomic mass is 16.5. The molecule has 3 fully saturated rings. The minimum atomic E-state index is -1.08. The number of aliphatic hydroxyl groups excluding tert-OH is 1. The summed E-state index contributed by atoms with van der Waals surface area (Å²) >= 11 is 0. The highest BCUT2D eigenvalue weighted by Gasteiger charge is 2.65. The molecule has 0 spiro atoms. The molecule has 152 valence electrons. The zero-order valence-corrected chi connectivity index (χ0v) is 16.5. The van der Waals surface area contributed by atoms with Crippen LogP contribution in [0.2, 0.25) is 0 Å². The Bertz CT molecular complexity index is 784. The van der Waals surface area contributed by atoms with Crippen LogP contribution in [0.3, 0.4) is 0 Å². The predicted octanol–water partition coefficient (Wildman–Crippen LogP) is 2.70. The van der Waals surface area contributed by atoms with Crippen LogP contribution in [-0.2, 0) is 14.3 Å². The molecule has 0 radical (unpaired) electrons. The Hall–Kier alpha value is -1.46. The summed E-state index contributed by atoms with van der Waals surface area (Å²) in [7, 11) is 0. The Morgan fingerprint density at radius 1 is 1.21 bits per heavy atom. The smallest absolute Gasteiger partial charge is 0.331 e. The van der Waals surface area contributed by atoms with E-state index in [4.69, 9.17) is 4.74 Å². The lowest BCUT2D eigenvalue weighted by molar-refractivity contribution is -0.200. The van der Waals surface area contributed by atoms with Crippen molar-refractivity contribution in [3.05, 3.63) is 23.3 Å². The highest BCUT2D eigenvalue weighted by Crippen LogP contribution is 2.67. The maximum Gasteiger partial charge on any atom is 0.331 e. The van der Waals surface area contributed by atoms with Crippen LogP contribution in [0.15, 0.2) is 23.3 Å². The monoisotopic (exact) mass is 386 g/mol. The van der Waals surface area contributed by atoms with E-state index in [2.05, 4.69) is 13.0 Å². The molecular formula is C23H30O5. The number of cyclic esters (lactones) is 1. The van der Waals surface area contributed by atoms with Gasteiger partial charge in [0.25, 0.3) is 0 Å². The second kappa shape index (κ2) is 6.02. The summed E-state index contributed by atoms with van der Waals surface area (Å²) in [6.45, 7) is 2.72. The SMILES string of the molecule is CC12CCC3C(CCC4(O)CC(O)CCC34C=O)C1=CCC2C1=CC(=O)OC1. The number of fused-ring (bicyclic) bond motifs is 5. The fourth-order valence-electron chi connectivity index (χ4n) is 7.67. The van der Waals surface area contributed by atoms with Crippen molar-refractivity contribution in [2.75, 3.05) is 6.61 Å². The van der Waals surface area contributed by atoms with Crippen LogP contribution in [0.5, 0.6) is 0 Å². The maximum absolute atomic E-state index is 12.4. The molecule has 28 heavy (non-hydrogen) atoms. The van der Waals surface area contributed by atoms with Crippen molar-refractivity contribution < 1.29 is 24.5 Å². The summed E-state index contributed by atoms with van der Waals surface area (Å²) in [5, 5.41) is 21.6. The van der Waals surface area contributed by atoms with Crippen molar-refractivity contribution in [3.63, 3.8) is 0 Å². The number of allylic oxidation sites excluding steroid dienone is 2. The van der Waals surface area contributed by atoms with E-state index in [1.54, 1.807) is 6.08 Å². The van der Waals surface area contributed by atoms with E-state index in [1.807, 2.05) is 0 Å². The van der Waals surface area contributed by atoms with Crippen molar-refractivity contribution in [3.8, 4) is 0 Å². The van der Waals surface area contributed by atoms with Gasteiger partial charge in [-0.25, -0.2) is 4.79 Å². The van der Waals surface area contributed by atoms with Crippen molar-refractivity contribution in [1.82, 2.24) is 0 Å². The molecule has 3 saturated carbocycles. The largest absolute Gasteiger partial charge is 0.458 e. The van der Waals surface area contributed by atoms with Crippen LogP contribution in [-0.4, -0.2) is 40.8 Å². The van der Waals surface area contributed by atoms with E-state index in [0.29, 0.717) is 44.1 Å². The molecule has 4 aliphatic carbocycles. The predicted molar refractivity (Wildman–Crippen MR) is 102 cm³/mol. The lowest BCUT2D eigenvalue weighted by Crippen LogP contribution is -2.64. The van der Waals surface area contributed by atoms with Crippen LogP contribution in [0.1, 0.15) is 58.3 Å². The normalized spacial score (nSPS) is 50.0. The Morgan fingerprint density at radius 3 is 2.75 bits per heavy atom. The highest BCUT2D eigenvalue weighted by molar-refractivity contribution is 5.85. The van der Waals surface area contributed by atoms with E-state index < -0.39 is 17.1 Å². The summed E-state index contributed by atoms with van der Waals surface area (Å²) in [5.74, 6) is 0.521. The summed E-state index contributed by atoms with van der Waals surface area (Å²) in [6, 6.07) is 0. The number of esters is 1. The Labute approximate surface area is 165 Å². The standard InChI is InChI=1S/C23H30O5/c1-21-7-6-19-16(18(21)3-2-17(21)14-10-20(26)28-12-14)5-9-23(27)11-15(25)4-8-22(19,23)13-24/h3,10,13,15-17,19,25,27H,2,4-9,11-12H2,1H3. The zero-order chi connectivity index (χ0) is 19.7. The molecule has 0 amide bonds. The molecule has 5 nitrogen and oxygen atoms in total. The first-order chi connectivity index (χ1) is 13.3. The molecule has 0 saturated heterocycles. The third kappa shape index (κ3) is 2.26. The Kier molecular flexibility index (Phi) is 3.99. The van der Waals surface area contributed by atoms with Gasteiger partial charge in [-0.3, -0.25) is 0 Å². The van der Waals surface area contributed by atoms with Gasteiger partial charge >= 0.3 is 5.97 Å². The van der Waals surface area contributed by atoms with Crippen molar-refractivity contribution in [2.45, 2.75) is 70.0 Å². The average molecular weight is 386 g/mol. The van der Waals surface area contributed by atoms with Crippen molar-refractivity contribution in [1.29, 1.82) is 0 Å². The molecule has 1 aliphatic heterocycles. The van der Waals surface area contributed by atoms with Gasteiger partial charge in [0, 0.05) is 12.5 Å². The van der Waals surface area contributed by atoms with Gasteiger partial charge in [-0.05, 0) is 73.7 Å². The molecule has 0 aromatic rings. The minimum absolute atomic E-state index is 0.00862. The van der Waals surface area contributed by atoms with Crippen LogP contribution in [0.4, 0.5) is 0 Å². The average Bonchev–Trinajstić information content (AvgIpc) is 3.23. The fourth-order valence-corrected chi connectivity index (χ4v) is 7.67. The quantitative estimate of drug-likeness (QED) is 0.433. The molecule has 2 N–H and O–H groups in total. The van der Waals surface area contributed by atoms with Gasteiger partial charge in [0.2, 0.25) is 0 Å². The third-order valence-corrected chi connectivity index (χ3v) is 9.07. The van der Waals surface area contributed by atoms with Crippen LogP contribution < -0.4 is 0 Å². The van der Waals surface area contributed by atoms with Crippen molar-refractivity contribution in [2.24, 2.45) is 28.6 Å². The molecule has 7 unspecified atom stereocenters. The minimum Gasteiger partial charge on any atom is -0.458 e. The van der Waals surface area contributed by atoms with Crippen molar-refractivity contribution >= 4 is 12.3 Å². The number of carbonyl (C=O) groups is 2. The van der Waals surface area contributed by atoms with Gasteiger partial charge in [-0.2, -0.15) is 0 Å². The van der Waals surface area contributed by atoms with Gasteiger partial charge < -0.3 is 19.7 Å². The summed E-state index contributed by atoms with van der Waals surface area (Å²) < 4.78 is 5.18. The van der Waals surface area contributed by atoms with E-state index in [1.165, 1.54) is 5.57 Å². The molecule has 0 aromatic carbocycles. The second-order valence-electron chi connectivity index (χ2n) is 10.1. The first kappa shape index (κ1) is 18.6.